The monoisotopic (exact) mass is 249 g/mol. The van der Waals surface area contributed by atoms with Gasteiger partial charge in [0.2, 0.25) is 0 Å². The second-order valence-electron chi connectivity index (χ2n) is 5.02. The van der Waals surface area contributed by atoms with Crippen molar-refractivity contribution in [3.05, 3.63) is 0 Å². The highest BCUT2D eigenvalue weighted by molar-refractivity contribution is 7.91. The molecule has 0 fully saturated rings. The van der Waals surface area contributed by atoms with Crippen molar-refractivity contribution in [1.29, 1.82) is 0 Å². The number of nitrogens with one attached hydrogen (secondary N) is 1. The summed E-state index contributed by atoms with van der Waals surface area (Å²) in [6, 6.07) is 0.0961. The van der Waals surface area contributed by atoms with Gasteiger partial charge < -0.3 is 5.32 Å². The Bertz CT molecular complexity index is 273. The smallest absolute Gasteiger partial charge is 0.151 e. The molecule has 2 atom stereocenters. The first kappa shape index (κ1) is 15.9. The van der Waals surface area contributed by atoms with Crippen molar-refractivity contribution in [3.8, 4) is 0 Å². The summed E-state index contributed by atoms with van der Waals surface area (Å²) in [5.74, 6) is 0.691. The highest BCUT2D eigenvalue weighted by atomic mass is 32.2. The zero-order chi connectivity index (χ0) is 12.8. The highest BCUT2D eigenvalue weighted by Crippen LogP contribution is 2.14. The van der Waals surface area contributed by atoms with Gasteiger partial charge >= 0.3 is 0 Å². The van der Waals surface area contributed by atoms with E-state index in [1.54, 1.807) is 6.92 Å². The lowest BCUT2D eigenvalue weighted by molar-refractivity contribution is 0.431. The molecule has 0 saturated carbocycles. The molecular formula is C12H27NO2S. The molecule has 0 spiro atoms. The van der Waals surface area contributed by atoms with Gasteiger partial charge in [-0.2, -0.15) is 0 Å². The van der Waals surface area contributed by atoms with Crippen LogP contribution in [0.25, 0.3) is 0 Å². The van der Waals surface area contributed by atoms with Gasteiger partial charge in [0.1, 0.15) is 0 Å². The summed E-state index contributed by atoms with van der Waals surface area (Å²) in [7, 11) is -2.94. The van der Waals surface area contributed by atoms with E-state index in [4.69, 9.17) is 0 Å². The van der Waals surface area contributed by atoms with Gasteiger partial charge in [0.15, 0.2) is 9.84 Å². The fraction of sp³-hybridized carbons (Fsp3) is 1.00. The predicted molar refractivity (Wildman–Crippen MR) is 70.5 cm³/mol. The second-order valence-corrected chi connectivity index (χ2v) is 7.43. The van der Waals surface area contributed by atoms with Crippen LogP contribution in [0.5, 0.6) is 0 Å². The lowest BCUT2D eigenvalue weighted by Crippen LogP contribution is -2.42. The van der Waals surface area contributed by atoms with Crippen molar-refractivity contribution in [3.63, 3.8) is 0 Å². The normalized spacial score (nSPS) is 16.4. The van der Waals surface area contributed by atoms with Gasteiger partial charge in [0, 0.05) is 12.3 Å². The lowest BCUT2D eigenvalue weighted by atomic mass is 10.0. The van der Waals surface area contributed by atoms with Crippen LogP contribution in [0.2, 0.25) is 0 Å². The Morgan fingerprint density at radius 1 is 1.12 bits per heavy atom. The minimum atomic E-state index is -2.94. The third-order valence-corrected chi connectivity index (χ3v) is 4.68. The molecule has 0 aliphatic heterocycles. The van der Waals surface area contributed by atoms with Crippen LogP contribution in [-0.2, 0) is 9.84 Å². The van der Waals surface area contributed by atoms with E-state index in [1.807, 2.05) is 6.92 Å². The summed E-state index contributed by atoms with van der Waals surface area (Å²) in [5.41, 5.74) is 0. The molecule has 16 heavy (non-hydrogen) atoms. The van der Waals surface area contributed by atoms with Crippen molar-refractivity contribution in [2.24, 2.45) is 5.92 Å². The largest absolute Gasteiger partial charge is 0.313 e. The van der Waals surface area contributed by atoms with Crippen molar-refractivity contribution in [1.82, 2.24) is 5.32 Å². The van der Waals surface area contributed by atoms with Crippen LogP contribution in [0, 0.1) is 5.92 Å². The maximum atomic E-state index is 11.5. The average molecular weight is 249 g/mol. The van der Waals surface area contributed by atoms with E-state index in [9.17, 15) is 8.42 Å². The first-order valence-corrected chi connectivity index (χ1v) is 8.16. The van der Waals surface area contributed by atoms with Crippen LogP contribution in [0.4, 0.5) is 0 Å². The molecule has 0 rings (SSSR count). The Balaban J connectivity index is 4.27. The molecule has 3 nitrogen and oxygen atoms in total. The molecule has 0 aromatic carbocycles. The zero-order valence-electron chi connectivity index (χ0n) is 11.3. The first-order valence-electron chi connectivity index (χ1n) is 6.21. The van der Waals surface area contributed by atoms with Gasteiger partial charge in [-0.1, -0.05) is 33.6 Å². The molecular weight excluding hydrogens is 222 g/mol. The fourth-order valence-corrected chi connectivity index (χ4v) is 2.64. The van der Waals surface area contributed by atoms with E-state index in [-0.39, 0.29) is 11.3 Å². The third kappa shape index (κ3) is 6.48. The number of hydrogen-bond acceptors (Lipinski definition) is 3. The zero-order valence-corrected chi connectivity index (χ0v) is 12.1. The summed E-state index contributed by atoms with van der Waals surface area (Å²) < 4.78 is 23.0. The van der Waals surface area contributed by atoms with E-state index in [2.05, 4.69) is 19.2 Å². The Hall–Kier alpha value is -0.0900. The quantitative estimate of drug-likeness (QED) is 0.717. The Labute approximate surface area is 101 Å². The van der Waals surface area contributed by atoms with E-state index >= 15 is 0 Å². The van der Waals surface area contributed by atoms with Crippen LogP contribution in [0.3, 0.4) is 0 Å². The van der Waals surface area contributed by atoms with E-state index in [1.165, 1.54) is 12.7 Å². The first-order chi connectivity index (χ1) is 7.29. The Morgan fingerprint density at radius 3 is 2.06 bits per heavy atom. The molecule has 2 unspecified atom stereocenters. The maximum Gasteiger partial charge on any atom is 0.151 e. The molecule has 4 heteroatoms. The van der Waals surface area contributed by atoms with Crippen molar-refractivity contribution < 1.29 is 8.42 Å². The standard InChI is InChI=1S/C12H27NO2S/c1-6-13-12(9-7-8-10(2)3)11(4)16(5,14)15/h10-13H,6-9H2,1-5H3. The second kappa shape index (κ2) is 7.28. The molecule has 1 N–H and O–H groups in total. The summed E-state index contributed by atoms with van der Waals surface area (Å²) in [5, 5.41) is 2.99. The van der Waals surface area contributed by atoms with Crippen LogP contribution in [-0.4, -0.2) is 32.5 Å². The molecule has 0 aliphatic carbocycles. The van der Waals surface area contributed by atoms with Crippen LogP contribution >= 0.6 is 0 Å². The molecule has 0 aromatic heterocycles. The fourth-order valence-electron chi connectivity index (χ4n) is 1.81. The topological polar surface area (TPSA) is 46.2 Å². The van der Waals surface area contributed by atoms with Crippen LogP contribution < -0.4 is 5.32 Å². The third-order valence-electron chi connectivity index (χ3n) is 3.00. The summed E-state index contributed by atoms with van der Waals surface area (Å²) in [6.45, 7) is 9.04. The van der Waals surface area contributed by atoms with Gasteiger partial charge in [-0.15, -0.1) is 0 Å². The van der Waals surface area contributed by atoms with E-state index in [0.717, 1.165) is 19.4 Å². The van der Waals surface area contributed by atoms with Gasteiger partial charge in [-0.3, -0.25) is 0 Å². The summed E-state index contributed by atoms with van der Waals surface area (Å²) >= 11 is 0. The molecule has 0 amide bonds. The number of sulfone groups is 1. The van der Waals surface area contributed by atoms with Crippen molar-refractivity contribution in [2.45, 2.75) is 58.2 Å². The summed E-state index contributed by atoms with van der Waals surface area (Å²) in [6.07, 6.45) is 4.53. The van der Waals surface area contributed by atoms with Gasteiger partial charge in [0.05, 0.1) is 5.25 Å². The molecule has 0 radical (unpaired) electrons. The van der Waals surface area contributed by atoms with Gasteiger partial charge in [-0.05, 0) is 25.8 Å². The summed E-state index contributed by atoms with van der Waals surface area (Å²) in [4.78, 5) is 0. The molecule has 0 aromatic rings. The molecule has 98 valence electrons. The van der Waals surface area contributed by atoms with Gasteiger partial charge in [-0.25, -0.2) is 8.42 Å². The van der Waals surface area contributed by atoms with E-state index in [0.29, 0.717) is 5.92 Å². The minimum absolute atomic E-state index is 0.0961. The Morgan fingerprint density at radius 2 is 1.69 bits per heavy atom. The van der Waals surface area contributed by atoms with Crippen LogP contribution in [0.1, 0.15) is 47.0 Å². The number of rotatable bonds is 8. The van der Waals surface area contributed by atoms with E-state index < -0.39 is 9.84 Å². The van der Waals surface area contributed by atoms with Gasteiger partial charge in [0.25, 0.3) is 0 Å². The molecule has 0 bridgehead atoms. The van der Waals surface area contributed by atoms with Crippen molar-refractivity contribution >= 4 is 9.84 Å². The molecule has 0 heterocycles. The minimum Gasteiger partial charge on any atom is -0.313 e. The predicted octanol–water partition coefficient (Wildman–Crippen LogP) is 2.22. The molecule has 0 saturated heterocycles. The SMILES string of the molecule is CCNC(CCCC(C)C)C(C)S(C)(=O)=O. The van der Waals surface area contributed by atoms with Crippen LogP contribution in [0.15, 0.2) is 0 Å². The highest BCUT2D eigenvalue weighted by Gasteiger charge is 2.24. The van der Waals surface area contributed by atoms with Crippen molar-refractivity contribution in [2.75, 3.05) is 12.8 Å². The maximum absolute atomic E-state index is 11.5. The molecule has 0 aliphatic rings. The lowest BCUT2D eigenvalue weighted by Gasteiger charge is -2.23. The number of hydrogen-bond donors (Lipinski definition) is 1. The Kier molecular flexibility index (Phi) is 7.24. The average Bonchev–Trinajstić information content (AvgIpc) is 2.13.